The summed E-state index contributed by atoms with van der Waals surface area (Å²) in [6.07, 6.45) is 2.59. The van der Waals surface area contributed by atoms with E-state index in [0.29, 0.717) is 18.7 Å². The van der Waals surface area contributed by atoms with E-state index in [1.165, 1.54) is 16.4 Å². The molecule has 4 rings (SSSR count). The molecule has 45 heavy (non-hydrogen) atoms. The molecule has 4 aromatic rings. The van der Waals surface area contributed by atoms with Gasteiger partial charge in [0.05, 0.1) is 10.6 Å². The van der Waals surface area contributed by atoms with Crippen LogP contribution in [0.3, 0.4) is 0 Å². The Hall–Kier alpha value is -4.43. The highest BCUT2D eigenvalue weighted by Gasteiger charge is 2.35. The second-order valence-electron chi connectivity index (χ2n) is 11.2. The maximum atomic E-state index is 14.6. The van der Waals surface area contributed by atoms with Gasteiger partial charge in [-0.15, -0.1) is 0 Å². The first-order valence-corrected chi connectivity index (χ1v) is 17.0. The molecule has 1 atom stereocenters. The van der Waals surface area contributed by atoms with Gasteiger partial charge in [-0.3, -0.25) is 13.9 Å². The van der Waals surface area contributed by atoms with E-state index in [4.69, 9.17) is 0 Å². The van der Waals surface area contributed by atoms with E-state index >= 15 is 0 Å². The minimum atomic E-state index is -4.13. The van der Waals surface area contributed by atoms with E-state index in [1.54, 1.807) is 35.2 Å². The first-order chi connectivity index (χ1) is 21.7. The normalized spacial score (nSPS) is 11.9. The van der Waals surface area contributed by atoms with Gasteiger partial charge in [-0.05, 0) is 54.7 Å². The lowest BCUT2D eigenvalue weighted by atomic mass is 10.0. The molecule has 0 unspecified atom stereocenters. The predicted molar refractivity (Wildman–Crippen MR) is 180 cm³/mol. The lowest BCUT2D eigenvalue weighted by molar-refractivity contribution is -0.140. The fraction of sp³-hybridized carbons (Fsp3) is 0.297. The SMILES string of the molecule is CCCCNC(=O)[C@H](Cc1ccccc1)N(Cc1cccc(C)c1)C(=O)CN(c1ccccc1CC)S(=O)(=O)c1ccccc1. The molecule has 8 heteroatoms. The molecule has 0 aliphatic carbocycles. The zero-order valence-corrected chi connectivity index (χ0v) is 27.2. The molecular weight excluding hydrogens is 582 g/mol. The maximum absolute atomic E-state index is 14.6. The zero-order valence-electron chi connectivity index (χ0n) is 26.4. The molecule has 0 radical (unpaired) electrons. The van der Waals surface area contributed by atoms with E-state index in [9.17, 15) is 18.0 Å². The summed E-state index contributed by atoms with van der Waals surface area (Å²) >= 11 is 0. The van der Waals surface area contributed by atoms with Gasteiger partial charge in [-0.25, -0.2) is 8.42 Å². The number of hydrogen-bond acceptors (Lipinski definition) is 4. The third-order valence-corrected chi connectivity index (χ3v) is 9.56. The quantitative estimate of drug-likeness (QED) is 0.157. The molecule has 1 N–H and O–H groups in total. The summed E-state index contributed by atoms with van der Waals surface area (Å²) in [5.41, 5.74) is 4.03. The average Bonchev–Trinajstić information content (AvgIpc) is 3.06. The Balaban J connectivity index is 1.81. The van der Waals surface area contributed by atoms with Gasteiger partial charge in [-0.2, -0.15) is 0 Å². The number of rotatable bonds is 15. The summed E-state index contributed by atoms with van der Waals surface area (Å²) in [7, 11) is -4.13. The molecule has 2 amide bonds. The number of sulfonamides is 1. The standard InChI is InChI=1S/C37H43N3O4S/c1-4-6-24-38-37(42)35(26-30-17-9-7-10-18-30)39(27-31-19-15-16-29(3)25-31)36(41)28-40(34-23-14-13-20-32(34)5-2)45(43,44)33-21-11-8-12-22-33/h7-23,25,35H,4-6,24,26-28H2,1-3H3,(H,38,42)/t35-/m0/s1. The molecule has 7 nitrogen and oxygen atoms in total. The molecule has 0 saturated heterocycles. The van der Waals surface area contributed by atoms with Crippen LogP contribution >= 0.6 is 0 Å². The number of aryl methyl sites for hydroxylation is 2. The van der Waals surface area contributed by atoms with Crippen LogP contribution in [0, 0.1) is 6.92 Å². The first kappa shape index (κ1) is 33.5. The summed E-state index contributed by atoms with van der Waals surface area (Å²) in [6, 6.07) is 31.9. The maximum Gasteiger partial charge on any atom is 0.264 e. The highest BCUT2D eigenvalue weighted by molar-refractivity contribution is 7.92. The monoisotopic (exact) mass is 625 g/mol. The third kappa shape index (κ3) is 8.82. The number of nitrogens with one attached hydrogen (secondary N) is 1. The van der Waals surface area contributed by atoms with Crippen LogP contribution in [-0.2, 0) is 39.0 Å². The summed E-state index contributed by atoms with van der Waals surface area (Å²) in [5, 5.41) is 3.03. The van der Waals surface area contributed by atoms with Crippen molar-refractivity contribution in [3.63, 3.8) is 0 Å². The Morgan fingerprint density at radius 3 is 2.11 bits per heavy atom. The fourth-order valence-electron chi connectivity index (χ4n) is 5.35. The van der Waals surface area contributed by atoms with Crippen molar-refractivity contribution in [2.24, 2.45) is 0 Å². The van der Waals surface area contributed by atoms with Gasteiger partial charge in [0.15, 0.2) is 0 Å². The smallest absolute Gasteiger partial charge is 0.264 e. The summed E-state index contributed by atoms with van der Waals surface area (Å²) in [5.74, 6) is -0.728. The summed E-state index contributed by atoms with van der Waals surface area (Å²) in [6.45, 7) is 6.16. The van der Waals surface area contributed by atoms with Crippen molar-refractivity contribution in [2.45, 2.75) is 63.9 Å². The van der Waals surface area contributed by atoms with Gasteiger partial charge in [0.1, 0.15) is 12.6 Å². The van der Waals surface area contributed by atoms with Crippen molar-refractivity contribution in [1.82, 2.24) is 10.2 Å². The van der Waals surface area contributed by atoms with Crippen molar-refractivity contribution in [3.8, 4) is 0 Å². The van der Waals surface area contributed by atoms with Crippen LogP contribution in [0.15, 0.2) is 114 Å². The molecule has 0 aliphatic heterocycles. The van der Waals surface area contributed by atoms with E-state index in [-0.39, 0.29) is 23.8 Å². The molecule has 0 fully saturated rings. The Labute approximate surface area is 268 Å². The van der Waals surface area contributed by atoms with Crippen LogP contribution in [0.1, 0.15) is 48.9 Å². The number of hydrogen-bond donors (Lipinski definition) is 1. The minimum Gasteiger partial charge on any atom is -0.354 e. The molecule has 236 valence electrons. The molecule has 0 saturated carbocycles. The van der Waals surface area contributed by atoms with Crippen molar-refractivity contribution in [2.75, 3.05) is 17.4 Å². The van der Waals surface area contributed by atoms with Crippen LogP contribution in [0.2, 0.25) is 0 Å². The first-order valence-electron chi connectivity index (χ1n) is 15.6. The zero-order chi connectivity index (χ0) is 32.2. The van der Waals surface area contributed by atoms with Gasteiger partial charge in [0.25, 0.3) is 10.0 Å². The van der Waals surface area contributed by atoms with Crippen molar-refractivity contribution < 1.29 is 18.0 Å². The lowest BCUT2D eigenvalue weighted by Gasteiger charge is -2.34. The summed E-state index contributed by atoms with van der Waals surface area (Å²) in [4.78, 5) is 30.1. The number of anilines is 1. The van der Waals surface area contributed by atoms with Crippen LogP contribution in [0.5, 0.6) is 0 Å². The van der Waals surface area contributed by atoms with Gasteiger partial charge in [-0.1, -0.05) is 117 Å². The Morgan fingerprint density at radius 1 is 0.800 bits per heavy atom. The van der Waals surface area contributed by atoms with Crippen LogP contribution in [-0.4, -0.2) is 44.3 Å². The predicted octanol–water partition coefficient (Wildman–Crippen LogP) is 6.31. The Morgan fingerprint density at radius 2 is 1.44 bits per heavy atom. The molecule has 0 aliphatic rings. The van der Waals surface area contributed by atoms with Crippen molar-refractivity contribution in [3.05, 3.63) is 131 Å². The number of carbonyl (C=O) groups excluding carboxylic acids is 2. The number of amides is 2. The third-order valence-electron chi connectivity index (χ3n) is 7.79. The van der Waals surface area contributed by atoms with Gasteiger partial charge in [0.2, 0.25) is 11.8 Å². The van der Waals surface area contributed by atoms with E-state index in [2.05, 4.69) is 12.2 Å². The Kier molecular flexibility index (Phi) is 11.9. The van der Waals surface area contributed by atoms with E-state index in [0.717, 1.165) is 35.1 Å². The average molecular weight is 626 g/mol. The molecule has 0 spiro atoms. The van der Waals surface area contributed by atoms with Crippen molar-refractivity contribution >= 4 is 27.5 Å². The number of nitrogens with zero attached hydrogens (tertiary/aromatic N) is 2. The molecular formula is C37H43N3O4S. The molecule has 0 bridgehead atoms. The minimum absolute atomic E-state index is 0.0899. The second kappa shape index (κ2) is 16.0. The van der Waals surface area contributed by atoms with Crippen LogP contribution < -0.4 is 9.62 Å². The van der Waals surface area contributed by atoms with Gasteiger partial charge in [0, 0.05) is 19.5 Å². The van der Waals surface area contributed by atoms with E-state index in [1.807, 2.05) is 80.6 Å². The highest BCUT2D eigenvalue weighted by atomic mass is 32.2. The number of carbonyl (C=O) groups is 2. The number of unbranched alkanes of at least 4 members (excludes halogenated alkanes) is 1. The van der Waals surface area contributed by atoms with E-state index < -0.39 is 28.5 Å². The number of para-hydroxylation sites is 1. The topological polar surface area (TPSA) is 86.8 Å². The van der Waals surface area contributed by atoms with Crippen molar-refractivity contribution in [1.29, 1.82) is 0 Å². The van der Waals surface area contributed by atoms with Crippen LogP contribution in [0.25, 0.3) is 0 Å². The number of benzene rings is 4. The molecule has 0 aromatic heterocycles. The highest BCUT2D eigenvalue weighted by Crippen LogP contribution is 2.28. The Bertz CT molecular complexity index is 1660. The largest absolute Gasteiger partial charge is 0.354 e. The van der Waals surface area contributed by atoms with Crippen LogP contribution in [0.4, 0.5) is 5.69 Å². The van der Waals surface area contributed by atoms with Gasteiger partial charge >= 0.3 is 0 Å². The second-order valence-corrected chi connectivity index (χ2v) is 13.0. The molecule has 0 heterocycles. The molecule has 4 aromatic carbocycles. The summed E-state index contributed by atoms with van der Waals surface area (Å²) < 4.78 is 29.6. The lowest BCUT2D eigenvalue weighted by Crippen LogP contribution is -2.53. The van der Waals surface area contributed by atoms with Gasteiger partial charge < -0.3 is 10.2 Å². The fourth-order valence-corrected chi connectivity index (χ4v) is 6.83.